The van der Waals surface area contributed by atoms with Gasteiger partial charge >= 0.3 is 0 Å². The van der Waals surface area contributed by atoms with Crippen molar-refractivity contribution in [2.24, 2.45) is 0 Å². The first kappa shape index (κ1) is 18.0. The molecule has 0 aliphatic carbocycles. The van der Waals surface area contributed by atoms with E-state index in [9.17, 15) is 0 Å². The van der Waals surface area contributed by atoms with Crippen LogP contribution in [-0.2, 0) is 6.54 Å². The molecular weight excluding hydrogens is 385 g/mol. The van der Waals surface area contributed by atoms with Gasteiger partial charge in [-0.25, -0.2) is 4.98 Å². The van der Waals surface area contributed by atoms with Gasteiger partial charge in [-0.3, -0.25) is 0 Å². The Labute approximate surface area is 167 Å². The van der Waals surface area contributed by atoms with Crippen LogP contribution in [0.3, 0.4) is 0 Å². The highest BCUT2D eigenvalue weighted by molar-refractivity contribution is 6.43. The van der Waals surface area contributed by atoms with E-state index in [4.69, 9.17) is 23.2 Å². The van der Waals surface area contributed by atoms with Gasteiger partial charge in [0.15, 0.2) is 0 Å². The summed E-state index contributed by atoms with van der Waals surface area (Å²) >= 11 is 12.4. The minimum atomic E-state index is 0.407. The van der Waals surface area contributed by atoms with Gasteiger partial charge in [0, 0.05) is 31.4 Å². The van der Waals surface area contributed by atoms with Gasteiger partial charge < -0.3 is 10.2 Å². The Morgan fingerprint density at radius 2 is 1.89 bits per heavy atom. The lowest BCUT2D eigenvalue weighted by molar-refractivity contribution is 0.572. The monoisotopic (exact) mass is 403 g/mol. The number of pyridine rings is 1. The Hall–Kier alpha value is -2.38. The van der Waals surface area contributed by atoms with Crippen molar-refractivity contribution in [3.8, 4) is 5.69 Å². The lowest BCUT2D eigenvalue weighted by Crippen LogP contribution is -2.31. The number of hydrogen-bond acceptors (Lipinski definition) is 6. The second-order valence-corrected chi connectivity index (χ2v) is 7.16. The summed E-state index contributed by atoms with van der Waals surface area (Å²) in [5.74, 6) is 1.51. The maximum atomic E-state index is 6.31. The van der Waals surface area contributed by atoms with E-state index in [-0.39, 0.29) is 0 Å². The number of halogens is 2. The minimum Gasteiger partial charge on any atom is -0.356 e. The highest BCUT2D eigenvalue weighted by atomic mass is 35.5. The second-order valence-electron chi connectivity index (χ2n) is 6.37. The number of benzene rings is 1. The molecule has 0 radical (unpaired) electrons. The number of rotatable bonds is 5. The summed E-state index contributed by atoms with van der Waals surface area (Å²) in [6, 6.07) is 9.38. The average Bonchev–Trinajstić information content (AvgIpc) is 3.18. The third-order valence-corrected chi connectivity index (χ3v) is 5.40. The molecule has 0 amide bonds. The van der Waals surface area contributed by atoms with Crippen LogP contribution in [-0.4, -0.2) is 38.3 Å². The predicted molar refractivity (Wildman–Crippen MR) is 107 cm³/mol. The molecule has 0 unspecified atom stereocenters. The Kier molecular flexibility index (Phi) is 5.40. The van der Waals surface area contributed by atoms with Crippen molar-refractivity contribution in [2.75, 3.05) is 23.3 Å². The van der Waals surface area contributed by atoms with Crippen molar-refractivity contribution in [3.63, 3.8) is 0 Å². The Bertz CT molecular complexity index is 922. The molecule has 7 nitrogen and oxygen atoms in total. The summed E-state index contributed by atoms with van der Waals surface area (Å²) in [6.07, 6.45) is 5.53. The SMILES string of the molecule is Clc1cccc(-n2nnnc2NCc2cccnc2N2CCCCC2)c1Cl. The molecule has 2 aromatic heterocycles. The highest BCUT2D eigenvalue weighted by Crippen LogP contribution is 2.29. The standard InChI is InChI=1S/C18H19Cl2N7/c19-14-7-4-8-15(16(14)20)27-18(23-24-25-27)22-12-13-6-5-9-21-17(13)26-10-2-1-3-11-26/h4-9H,1-3,10-12H2,(H,22,23,25). The van der Waals surface area contributed by atoms with Crippen LogP contribution in [0, 0.1) is 0 Å². The van der Waals surface area contributed by atoms with Crippen molar-refractivity contribution >= 4 is 35.0 Å². The Morgan fingerprint density at radius 1 is 1.04 bits per heavy atom. The van der Waals surface area contributed by atoms with Gasteiger partial charge in [-0.15, -0.1) is 0 Å². The second kappa shape index (κ2) is 8.10. The quantitative estimate of drug-likeness (QED) is 0.694. The van der Waals surface area contributed by atoms with E-state index in [1.807, 2.05) is 24.4 Å². The lowest BCUT2D eigenvalue weighted by atomic mass is 10.1. The molecule has 140 valence electrons. The van der Waals surface area contributed by atoms with E-state index in [2.05, 4.69) is 36.8 Å². The molecule has 0 spiro atoms. The van der Waals surface area contributed by atoms with Gasteiger partial charge in [0.2, 0.25) is 5.95 Å². The first-order chi connectivity index (χ1) is 13.2. The molecule has 1 N–H and O–H groups in total. The van der Waals surface area contributed by atoms with E-state index in [1.54, 1.807) is 10.7 Å². The molecule has 1 aliphatic rings. The van der Waals surface area contributed by atoms with Crippen LogP contribution in [0.15, 0.2) is 36.5 Å². The lowest BCUT2D eigenvalue weighted by Gasteiger charge is -2.29. The third-order valence-electron chi connectivity index (χ3n) is 4.59. The maximum absolute atomic E-state index is 6.31. The molecule has 0 atom stereocenters. The first-order valence-electron chi connectivity index (χ1n) is 8.89. The fourth-order valence-corrected chi connectivity index (χ4v) is 3.62. The molecule has 4 rings (SSSR count). The topological polar surface area (TPSA) is 71.8 Å². The number of anilines is 2. The zero-order valence-corrected chi connectivity index (χ0v) is 16.2. The van der Waals surface area contributed by atoms with Crippen molar-refractivity contribution in [3.05, 3.63) is 52.1 Å². The molecule has 3 aromatic rings. The molecule has 1 aliphatic heterocycles. The fraction of sp³-hybridized carbons (Fsp3) is 0.333. The Balaban J connectivity index is 1.56. The molecule has 1 saturated heterocycles. The van der Waals surface area contributed by atoms with E-state index in [0.717, 1.165) is 24.5 Å². The van der Waals surface area contributed by atoms with Crippen LogP contribution < -0.4 is 10.2 Å². The molecular formula is C18H19Cl2N7. The predicted octanol–water partition coefficient (Wildman–Crippen LogP) is 3.97. The number of nitrogens with one attached hydrogen (secondary N) is 1. The summed E-state index contributed by atoms with van der Waals surface area (Å²) in [5, 5.41) is 16.0. The molecule has 3 heterocycles. The van der Waals surface area contributed by atoms with Crippen LogP contribution in [0.2, 0.25) is 10.0 Å². The highest BCUT2D eigenvalue weighted by Gasteiger charge is 2.17. The smallest absolute Gasteiger partial charge is 0.248 e. The van der Waals surface area contributed by atoms with Crippen LogP contribution in [0.4, 0.5) is 11.8 Å². The first-order valence-corrected chi connectivity index (χ1v) is 9.65. The number of aromatic nitrogens is 5. The van der Waals surface area contributed by atoms with E-state index >= 15 is 0 Å². The molecule has 27 heavy (non-hydrogen) atoms. The number of tetrazole rings is 1. The number of hydrogen-bond donors (Lipinski definition) is 1. The Morgan fingerprint density at radius 3 is 2.74 bits per heavy atom. The van der Waals surface area contributed by atoms with Crippen molar-refractivity contribution in [1.82, 2.24) is 25.2 Å². The average molecular weight is 404 g/mol. The van der Waals surface area contributed by atoms with Crippen LogP contribution >= 0.6 is 23.2 Å². The number of piperidine rings is 1. The summed E-state index contributed by atoms with van der Waals surface area (Å²) in [6.45, 7) is 2.64. The van der Waals surface area contributed by atoms with Gasteiger partial charge in [0.25, 0.3) is 0 Å². The van der Waals surface area contributed by atoms with Gasteiger partial charge in [0.05, 0.1) is 15.7 Å². The van der Waals surface area contributed by atoms with Crippen molar-refractivity contribution < 1.29 is 0 Å². The van der Waals surface area contributed by atoms with Crippen LogP contribution in [0.1, 0.15) is 24.8 Å². The summed E-state index contributed by atoms with van der Waals surface area (Å²) in [5.41, 5.74) is 1.73. The van der Waals surface area contributed by atoms with Gasteiger partial charge in [-0.05, 0) is 47.9 Å². The van der Waals surface area contributed by atoms with Crippen molar-refractivity contribution in [2.45, 2.75) is 25.8 Å². The summed E-state index contributed by atoms with van der Waals surface area (Å²) in [4.78, 5) is 6.94. The number of nitrogens with zero attached hydrogens (tertiary/aromatic N) is 6. The minimum absolute atomic E-state index is 0.407. The van der Waals surface area contributed by atoms with Gasteiger partial charge in [0.1, 0.15) is 5.82 Å². The molecule has 9 heteroatoms. The van der Waals surface area contributed by atoms with Gasteiger partial charge in [-0.2, -0.15) is 4.68 Å². The fourth-order valence-electron chi connectivity index (χ4n) is 3.25. The summed E-state index contributed by atoms with van der Waals surface area (Å²) < 4.78 is 1.55. The van der Waals surface area contributed by atoms with Crippen molar-refractivity contribution in [1.29, 1.82) is 0 Å². The zero-order chi connectivity index (χ0) is 18.6. The molecule has 1 aromatic carbocycles. The maximum Gasteiger partial charge on any atom is 0.248 e. The largest absolute Gasteiger partial charge is 0.356 e. The van der Waals surface area contributed by atoms with E-state index in [0.29, 0.717) is 28.2 Å². The third kappa shape index (κ3) is 3.84. The molecule has 1 fully saturated rings. The van der Waals surface area contributed by atoms with Crippen LogP contribution in [0.25, 0.3) is 5.69 Å². The van der Waals surface area contributed by atoms with Gasteiger partial charge in [-0.1, -0.05) is 40.4 Å². The zero-order valence-electron chi connectivity index (χ0n) is 14.6. The summed E-state index contributed by atoms with van der Waals surface area (Å²) in [7, 11) is 0. The molecule has 0 bridgehead atoms. The van der Waals surface area contributed by atoms with E-state index < -0.39 is 0 Å². The van der Waals surface area contributed by atoms with Crippen LogP contribution in [0.5, 0.6) is 0 Å². The van der Waals surface area contributed by atoms with E-state index in [1.165, 1.54) is 19.3 Å². The normalized spacial score (nSPS) is 14.4. The molecule has 0 saturated carbocycles.